The number of halogens is 1. The number of hydrogen-bond acceptors (Lipinski definition) is 3. The summed E-state index contributed by atoms with van der Waals surface area (Å²) in [5, 5.41) is 5.93. The van der Waals surface area contributed by atoms with Crippen LogP contribution in [0, 0.1) is 0 Å². The van der Waals surface area contributed by atoms with E-state index >= 15 is 0 Å². The molecule has 2 aromatic carbocycles. The van der Waals surface area contributed by atoms with Gasteiger partial charge in [0.15, 0.2) is 6.61 Å². The van der Waals surface area contributed by atoms with E-state index in [2.05, 4.69) is 10.6 Å². The van der Waals surface area contributed by atoms with Crippen LogP contribution in [0.5, 0.6) is 5.75 Å². The smallest absolute Gasteiger partial charge is 0.262 e. The third kappa shape index (κ3) is 4.79. The van der Waals surface area contributed by atoms with E-state index in [0.29, 0.717) is 22.1 Å². The summed E-state index contributed by atoms with van der Waals surface area (Å²) in [7, 11) is 0. The standard InChI is InChI=1S/C16H15ClN2O3/c1-11(20)18-14-4-2-3-5-15(14)22-10-16(21)19-13-8-6-12(17)7-9-13/h2-9H,10H2,1H3,(H,18,20)(H,19,21). The number of carbonyl (C=O) groups excluding carboxylic acids is 2. The number of benzene rings is 2. The summed E-state index contributed by atoms with van der Waals surface area (Å²) in [4.78, 5) is 23.0. The molecule has 0 aliphatic rings. The van der Waals surface area contributed by atoms with Crippen LogP contribution in [0.4, 0.5) is 11.4 Å². The molecule has 6 heteroatoms. The largest absolute Gasteiger partial charge is 0.482 e. The minimum absolute atomic E-state index is 0.167. The van der Waals surface area contributed by atoms with Gasteiger partial charge in [-0.2, -0.15) is 0 Å². The third-order valence-electron chi connectivity index (χ3n) is 2.68. The summed E-state index contributed by atoms with van der Waals surface area (Å²) in [5.74, 6) is -0.0782. The molecule has 5 nitrogen and oxygen atoms in total. The summed E-state index contributed by atoms with van der Waals surface area (Å²) < 4.78 is 5.44. The normalized spacial score (nSPS) is 9.91. The van der Waals surface area contributed by atoms with Gasteiger partial charge in [0.2, 0.25) is 5.91 Å². The Morgan fingerprint density at radius 2 is 1.73 bits per heavy atom. The van der Waals surface area contributed by atoms with Crippen molar-refractivity contribution < 1.29 is 14.3 Å². The molecule has 0 saturated heterocycles. The fourth-order valence-electron chi connectivity index (χ4n) is 1.76. The van der Waals surface area contributed by atoms with Crippen molar-refractivity contribution >= 4 is 34.8 Å². The molecule has 2 amide bonds. The fourth-order valence-corrected chi connectivity index (χ4v) is 1.89. The zero-order valence-corrected chi connectivity index (χ0v) is 12.7. The predicted octanol–water partition coefficient (Wildman–Crippen LogP) is 3.32. The molecule has 0 bridgehead atoms. The lowest BCUT2D eigenvalue weighted by molar-refractivity contribution is -0.118. The summed E-state index contributed by atoms with van der Waals surface area (Å²) in [6, 6.07) is 13.7. The van der Waals surface area contributed by atoms with Crippen LogP contribution in [0.3, 0.4) is 0 Å². The Hall–Kier alpha value is -2.53. The summed E-state index contributed by atoms with van der Waals surface area (Å²) in [5.41, 5.74) is 1.16. The average molecular weight is 319 g/mol. The summed E-state index contributed by atoms with van der Waals surface area (Å²) >= 11 is 5.78. The molecule has 0 unspecified atom stereocenters. The number of nitrogens with one attached hydrogen (secondary N) is 2. The Bertz CT molecular complexity index is 671. The maximum atomic E-state index is 11.8. The highest BCUT2D eigenvalue weighted by Crippen LogP contribution is 2.23. The Labute approximate surface area is 133 Å². The predicted molar refractivity (Wildman–Crippen MR) is 86.3 cm³/mol. The zero-order chi connectivity index (χ0) is 15.9. The molecule has 0 fully saturated rings. The van der Waals surface area contributed by atoms with Gasteiger partial charge in [0.25, 0.3) is 5.91 Å². The maximum Gasteiger partial charge on any atom is 0.262 e. The maximum absolute atomic E-state index is 11.8. The molecule has 2 rings (SSSR count). The average Bonchev–Trinajstić information content (AvgIpc) is 2.48. The van der Waals surface area contributed by atoms with E-state index in [-0.39, 0.29) is 18.4 Å². The molecule has 0 saturated carbocycles. The molecule has 22 heavy (non-hydrogen) atoms. The van der Waals surface area contributed by atoms with Crippen molar-refractivity contribution in [1.29, 1.82) is 0 Å². The topological polar surface area (TPSA) is 67.4 Å². The van der Waals surface area contributed by atoms with Crippen LogP contribution in [0.15, 0.2) is 48.5 Å². The van der Waals surface area contributed by atoms with Gasteiger partial charge < -0.3 is 15.4 Å². The van der Waals surface area contributed by atoms with Gasteiger partial charge in [-0.1, -0.05) is 23.7 Å². The van der Waals surface area contributed by atoms with Crippen LogP contribution in [0.1, 0.15) is 6.92 Å². The SMILES string of the molecule is CC(=O)Nc1ccccc1OCC(=O)Nc1ccc(Cl)cc1. The van der Waals surface area contributed by atoms with Gasteiger partial charge in [0, 0.05) is 17.6 Å². The minimum Gasteiger partial charge on any atom is -0.482 e. The molecule has 0 aliphatic carbocycles. The highest BCUT2D eigenvalue weighted by molar-refractivity contribution is 6.30. The molecule has 0 atom stereocenters. The van der Waals surface area contributed by atoms with Crippen molar-refractivity contribution in [2.24, 2.45) is 0 Å². The molecular weight excluding hydrogens is 304 g/mol. The summed E-state index contributed by atoms with van der Waals surface area (Å²) in [6.07, 6.45) is 0. The third-order valence-corrected chi connectivity index (χ3v) is 2.94. The highest BCUT2D eigenvalue weighted by atomic mass is 35.5. The van der Waals surface area contributed by atoms with E-state index in [1.165, 1.54) is 6.92 Å². The highest BCUT2D eigenvalue weighted by Gasteiger charge is 2.08. The lowest BCUT2D eigenvalue weighted by Crippen LogP contribution is -2.20. The van der Waals surface area contributed by atoms with Crippen molar-refractivity contribution in [1.82, 2.24) is 0 Å². The van der Waals surface area contributed by atoms with E-state index < -0.39 is 0 Å². The van der Waals surface area contributed by atoms with Crippen molar-refractivity contribution in [2.75, 3.05) is 17.2 Å². The van der Waals surface area contributed by atoms with E-state index in [1.54, 1.807) is 48.5 Å². The first-order chi connectivity index (χ1) is 10.5. The number of rotatable bonds is 5. The fraction of sp³-hybridized carbons (Fsp3) is 0.125. The van der Waals surface area contributed by atoms with Gasteiger partial charge in [-0.25, -0.2) is 0 Å². The first kappa shape index (κ1) is 15.9. The van der Waals surface area contributed by atoms with Crippen LogP contribution in [0.25, 0.3) is 0 Å². The Balaban J connectivity index is 1.93. The monoisotopic (exact) mass is 318 g/mol. The first-order valence-electron chi connectivity index (χ1n) is 6.59. The van der Waals surface area contributed by atoms with Gasteiger partial charge in [0.1, 0.15) is 5.75 Å². The van der Waals surface area contributed by atoms with Crippen LogP contribution < -0.4 is 15.4 Å². The van der Waals surface area contributed by atoms with Crippen LogP contribution in [0.2, 0.25) is 5.02 Å². The van der Waals surface area contributed by atoms with Crippen molar-refractivity contribution in [2.45, 2.75) is 6.92 Å². The van der Waals surface area contributed by atoms with E-state index in [1.807, 2.05) is 0 Å². The minimum atomic E-state index is -0.306. The quantitative estimate of drug-likeness (QED) is 0.888. The second kappa shape index (κ2) is 7.47. The van der Waals surface area contributed by atoms with Gasteiger partial charge in [0.05, 0.1) is 5.69 Å². The Kier molecular flexibility index (Phi) is 5.38. The number of anilines is 2. The molecule has 2 aromatic rings. The van der Waals surface area contributed by atoms with Gasteiger partial charge >= 0.3 is 0 Å². The lowest BCUT2D eigenvalue weighted by atomic mass is 10.3. The lowest BCUT2D eigenvalue weighted by Gasteiger charge is -2.11. The molecule has 0 aromatic heterocycles. The molecule has 0 aliphatic heterocycles. The molecule has 0 radical (unpaired) electrons. The molecule has 0 heterocycles. The van der Waals surface area contributed by atoms with E-state index in [9.17, 15) is 9.59 Å². The second-order valence-corrected chi connectivity index (χ2v) is 4.96. The molecule has 0 spiro atoms. The van der Waals surface area contributed by atoms with Crippen molar-refractivity contribution in [3.63, 3.8) is 0 Å². The number of hydrogen-bond donors (Lipinski definition) is 2. The van der Waals surface area contributed by atoms with E-state index in [4.69, 9.17) is 16.3 Å². The number of ether oxygens (including phenoxy) is 1. The van der Waals surface area contributed by atoms with Gasteiger partial charge in [-0.05, 0) is 36.4 Å². The van der Waals surface area contributed by atoms with Crippen molar-refractivity contribution in [3.8, 4) is 5.75 Å². The second-order valence-electron chi connectivity index (χ2n) is 4.52. The molecular formula is C16H15ClN2O3. The number of carbonyl (C=O) groups is 2. The van der Waals surface area contributed by atoms with Crippen LogP contribution in [-0.4, -0.2) is 18.4 Å². The Morgan fingerprint density at radius 3 is 2.41 bits per heavy atom. The van der Waals surface area contributed by atoms with Crippen LogP contribution in [-0.2, 0) is 9.59 Å². The molecule has 114 valence electrons. The van der Waals surface area contributed by atoms with E-state index in [0.717, 1.165) is 0 Å². The number of amides is 2. The number of para-hydroxylation sites is 2. The summed E-state index contributed by atoms with van der Waals surface area (Å²) in [6.45, 7) is 1.24. The first-order valence-corrected chi connectivity index (χ1v) is 6.97. The van der Waals surface area contributed by atoms with Gasteiger partial charge in [-0.15, -0.1) is 0 Å². The van der Waals surface area contributed by atoms with Gasteiger partial charge in [-0.3, -0.25) is 9.59 Å². The van der Waals surface area contributed by atoms with Crippen LogP contribution >= 0.6 is 11.6 Å². The van der Waals surface area contributed by atoms with Crippen molar-refractivity contribution in [3.05, 3.63) is 53.6 Å². The zero-order valence-electron chi connectivity index (χ0n) is 11.9. The molecule has 2 N–H and O–H groups in total. The Morgan fingerprint density at radius 1 is 1.05 bits per heavy atom.